The lowest BCUT2D eigenvalue weighted by Crippen LogP contribution is -2.19. The highest BCUT2D eigenvalue weighted by Crippen LogP contribution is 2.28. The number of aromatic nitrogens is 1. The van der Waals surface area contributed by atoms with E-state index in [1.165, 1.54) is 36.0 Å². The zero-order valence-corrected chi connectivity index (χ0v) is 12.5. The van der Waals surface area contributed by atoms with Gasteiger partial charge in [0.2, 0.25) is 0 Å². The molecule has 0 aliphatic heterocycles. The minimum absolute atomic E-state index is 0.292. The van der Waals surface area contributed by atoms with Gasteiger partial charge in [-0.25, -0.2) is 0 Å². The standard InChI is InChI=1S/C17H19ClN2/c1-19-17(10-14-7-8-20-11-16(14)18)15-6-5-12-3-2-4-13(12)9-15/h5-9,11,17,19H,2-4,10H2,1H3. The van der Waals surface area contributed by atoms with Gasteiger partial charge in [0.25, 0.3) is 0 Å². The van der Waals surface area contributed by atoms with Crippen molar-refractivity contribution >= 4 is 11.6 Å². The molecular formula is C17H19ClN2. The Kier molecular flexibility index (Phi) is 4.04. The lowest BCUT2D eigenvalue weighted by Gasteiger charge is -2.18. The molecule has 1 heterocycles. The Balaban J connectivity index is 1.85. The van der Waals surface area contributed by atoms with E-state index in [0.29, 0.717) is 6.04 Å². The molecule has 0 radical (unpaired) electrons. The number of halogens is 1. The van der Waals surface area contributed by atoms with Crippen LogP contribution in [0.4, 0.5) is 0 Å². The van der Waals surface area contributed by atoms with Crippen LogP contribution in [-0.2, 0) is 19.3 Å². The van der Waals surface area contributed by atoms with E-state index in [2.05, 4.69) is 28.5 Å². The van der Waals surface area contributed by atoms with Gasteiger partial charge >= 0.3 is 0 Å². The highest BCUT2D eigenvalue weighted by Gasteiger charge is 2.16. The molecule has 0 bridgehead atoms. The first kappa shape index (κ1) is 13.6. The van der Waals surface area contributed by atoms with Crippen LogP contribution in [0.1, 0.15) is 34.7 Å². The summed E-state index contributed by atoms with van der Waals surface area (Å²) in [7, 11) is 2.01. The van der Waals surface area contributed by atoms with Crippen LogP contribution in [0.2, 0.25) is 5.02 Å². The molecule has 0 amide bonds. The van der Waals surface area contributed by atoms with E-state index in [-0.39, 0.29) is 0 Å². The molecular weight excluding hydrogens is 268 g/mol. The molecule has 1 aromatic heterocycles. The molecule has 20 heavy (non-hydrogen) atoms. The Morgan fingerprint density at radius 2 is 2.10 bits per heavy atom. The summed E-state index contributed by atoms with van der Waals surface area (Å²) in [6.07, 6.45) is 8.14. The normalized spacial score (nSPS) is 15.1. The lowest BCUT2D eigenvalue weighted by molar-refractivity contribution is 0.591. The first-order valence-electron chi connectivity index (χ1n) is 7.15. The van der Waals surface area contributed by atoms with Gasteiger partial charge in [0.1, 0.15) is 0 Å². The summed E-state index contributed by atoms with van der Waals surface area (Å²) in [4.78, 5) is 4.05. The second-order valence-corrected chi connectivity index (χ2v) is 5.80. The van der Waals surface area contributed by atoms with Crippen molar-refractivity contribution in [2.45, 2.75) is 31.7 Å². The van der Waals surface area contributed by atoms with Gasteiger partial charge < -0.3 is 5.32 Å². The molecule has 2 nitrogen and oxygen atoms in total. The van der Waals surface area contributed by atoms with E-state index >= 15 is 0 Å². The Morgan fingerprint density at radius 1 is 1.25 bits per heavy atom. The average molecular weight is 287 g/mol. The number of pyridine rings is 1. The molecule has 1 atom stereocenters. The van der Waals surface area contributed by atoms with Crippen LogP contribution >= 0.6 is 11.6 Å². The van der Waals surface area contributed by atoms with Crippen molar-refractivity contribution in [1.29, 1.82) is 0 Å². The predicted octanol–water partition coefficient (Wildman–Crippen LogP) is 3.73. The number of aryl methyl sites for hydroxylation is 2. The van der Waals surface area contributed by atoms with Gasteiger partial charge in [0.05, 0.1) is 5.02 Å². The zero-order valence-electron chi connectivity index (χ0n) is 11.7. The topological polar surface area (TPSA) is 24.9 Å². The van der Waals surface area contributed by atoms with Crippen molar-refractivity contribution in [1.82, 2.24) is 10.3 Å². The van der Waals surface area contributed by atoms with E-state index in [1.54, 1.807) is 12.4 Å². The number of nitrogens with zero attached hydrogens (tertiary/aromatic N) is 1. The quantitative estimate of drug-likeness (QED) is 0.926. The Morgan fingerprint density at radius 3 is 2.90 bits per heavy atom. The molecule has 3 heteroatoms. The number of nitrogens with one attached hydrogen (secondary N) is 1. The first-order chi connectivity index (χ1) is 9.78. The molecule has 104 valence electrons. The Bertz CT molecular complexity index is 610. The fraction of sp³-hybridized carbons (Fsp3) is 0.353. The van der Waals surface area contributed by atoms with Crippen LogP contribution in [0.3, 0.4) is 0 Å². The summed E-state index contributed by atoms with van der Waals surface area (Å²) in [5.74, 6) is 0. The number of rotatable bonds is 4. The SMILES string of the molecule is CNC(Cc1ccncc1Cl)c1ccc2c(c1)CCC2. The van der Waals surface area contributed by atoms with Gasteiger partial charge in [-0.15, -0.1) is 0 Å². The molecule has 0 saturated carbocycles. The Hall–Kier alpha value is -1.38. The molecule has 0 saturated heterocycles. The minimum atomic E-state index is 0.292. The fourth-order valence-corrected chi connectivity index (χ4v) is 3.18. The van der Waals surface area contributed by atoms with E-state index in [9.17, 15) is 0 Å². The molecule has 3 rings (SSSR count). The smallest absolute Gasteiger partial charge is 0.0622 e. The summed E-state index contributed by atoms with van der Waals surface area (Å²) in [5, 5.41) is 4.15. The van der Waals surface area contributed by atoms with Crippen LogP contribution in [0.25, 0.3) is 0 Å². The number of benzene rings is 1. The van der Waals surface area contributed by atoms with Crippen molar-refractivity contribution < 1.29 is 0 Å². The molecule has 1 aromatic carbocycles. The second kappa shape index (κ2) is 5.94. The third-order valence-electron chi connectivity index (χ3n) is 4.15. The van der Waals surface area contributed by atoms with Gasteiger partial charge in [0.15, 0.2) is 0 Å². The maximum absolute atomic E-state index is 6.22. The van der Waals surface area contributed by atoms with Crippen molar-refractivity contribution in [2.24, 2.45) is 0 Å². The van der Waals surface area contributed by atoms with E-state index < -0.39 is 0 Å². The van der Waals surface area contributed by atoms with Crippen molar-refractivity contribution in [3.05, 3.63) is 63.9 Å². The van der Waals surface area contributed by atoms with Gasteiger partial charge in [-0.3, -0.25) is 4.98 Å². The molecule has 2 aromatic rings. The molecule has 1 aliphatic carbocycles. The predicted molar refractivity (Wildman–Crippen MR) is 83.2 cm³/mol. The molecule has 1 unspecified atom stereocenters. The van der Waals surface area contributed by atoms with Crippen LogP contribution < -0.4 is 5.32 Å². The zero-order chi connectivity index (χ0) is 13.9. The summed E-state index contributed by atoms with van der Waals surface area (Å²) in [6.45, 7) is 0. The minimum Gasteiger partial charge on any atom is -0.313 e. The van der Waals surface area contributed by atoms with E-state index in [0.717, 1.165) is 17.0 Å². The van der Waals surface area contributed by atoms with E-state index in [4.69, 9.17) is 11.6 Å². The van der Waals surface area contributed by atoms with E-state index in [1.807, 2.05) is 13.1 Å². The van der Waals surface area contributed by atoms with Gasteiger partial charge in [-0.1, -0.05) is 29.8 Å². The average Bonchev–Trinajstić information content (AvgIpc) is 2.94. The third-order valence-corrected chi connectivity index (χ3v) is 4.49. The maximum atomic E-state index is 6.22. The van der Waals surface area contributed by atoms with Crippen molar-refractivity contribution in [3.8, 4) is 0 Å². The van der Waals surface area contributed by atoms with Crippen LogP contribution in [0.15, 0.2) is 36.7 Å². The van der Waals surface area contributed by atoms with Crippen LogP contribution in [0.5, 0.6) is 0 Å². The molecule has 1 aliphatic rings. The number of fused-ring (bicyclic) bond motifs is 1. The second-order valence-electron chi connectivity index (χ2n) is 5.39. The molecule has 0 spiro atoms. The number of likely N-dealkylation sites (N-methyl/N-ethyl adjacent to an activating group) is 1. The fourth-order valence-electron chi connectivity index (χ4n) is 2.98. The number of hydrogen-bond donors (Lipinski definition) is 1. The van der Waals surface area contributed by atoms with Gasteiger partial charge in [-0.2, -0.15) is 0 Å². The van der Waals surface area contributed by atoms with Crippen LogP contribution in [0, 0.1) is 0 Å². The molecule has 0 fully saturated rings. The largest absolute Gasteiger partial charge is 0.313 e. The summed E-state index contributed by atoms with van der Waals surface area (Å²) >= 11 is 6.22. The summed E-state index contributed by atoms with van der Waals surface area (Å²) in [5.41, 5.74) is 5.52. The monoisotopic (exact) mass is 286 g/mol. The van der Waals surface area contributed by atoms with Crippen molar-refractivity contribution in [2.75, 3.05) is 7.05 Å². The maximum Gasteiger partial charge on any atom is 0.0622 e. The van der Waals surface area contributed by atoms with Crippen molar-refractivity contribution in [3.63, 3.8) is 0 Å². The van der Waals surface area contributed by atoms with Gasteiger partial charge in [-0.05, 0) is 61.1 Å². The number of hydrogen-bond acceptors (Lipinski definition) is 2. The summed E-state index contributed by atoms with van der Waals surface area (Å²) in [6, 6.07) is 9.19. The highest BCUT2D eigenvalue weighted by atomic mass is 35.5. The Labute approximate surface area is 125 Å². The highest BCUT2D eigenvalue weighted by molar-refractivity contribution is 6.31. The molecule has 1 N–H and O–H groups in total. The third kappa shape index (κ3) is 2.72. The van der Waals surface area contributed by atoms with Crippen LogP contribution in [-0.4, -0.2) is 12.0 Å². The first-order valence-corrected chi connectivity index (χ1v) is 7.53. The lowest BCUT2D eigenvalue weighted by atomic mass is 9.96. The van der Waals surface area contributed by atoms with Gasteiger partial charge in [0, 0.05) is 18.4 Å². The summed E-state index contributed by atoms with van der Waals surface area (Å²) < 4.78 is 0.